The topological polar surface area (TPSA) is 68.0 Å². The molecule has 0 radical (unpaired) electrons. The van der Waals surface area contributed by atoms with Crippen LogP contribution in [0.25, 0.3) is 10.2 Å². The molecular formula is C19H22ClN3O4S. The van der Waals surface area contributed by atoms with E-state index in [-0.39, 0.29) is 25.1 Å². The Morgan fingerprint density at radius 2 is 1.93 bits per heavy atom. The van der Waals surface area contributed by atoms with Crippen molar-refractivity contribution in [1.29, 1.82) is 0 Å². The van der Waals surface area contributed by atoms with Gasteiger partial charge in [-0.25, -0.2) is 4.98 Å². The van der Waals surface area contributed by atoms with Crippen LogP contribution < -0.4 is 14.4 Å². The number of amides is 1. The van der Waals surface area contributed by atoms with Crippen molar-refractivity contribution >= 4 is 45.0 Å². The van der Waals surface area contributed by atoms with Gasteiger partial charge in [0.05, 0.1) is 16.5 Å². The number of likely N-dealkylation sites (N-methyl/N-ethyl adjacent to an activating group) is 1. The fourth-order valence-electron chi connectivity index (χ4n) is 3.02. The first-order chi connectivity index (χ1) is 13.2. The van der Waals surface area contributed by atoms with Crippen LogP contribution in [0.5, 0.6) is 11.5 Å². The summed E-state index contributed by atoms with van der Waals surface area (Å²) in [6.07, 6.45) is 1.51. The number of anilines is 1. The molecule has 0 fully saturated rings. The molecule has 0 saturated carbocycles. The third kappa shape index (κ3) is 3.94. The Hall–Kier alpha value is -2.29. The van der Waals surface area contributed by atoms with E-state index >= 15 is 0 Å². The highest BCUT2D eigenvalue weighted by Crippen LogP contribution is 2.40. The largest absolute Gasteiger partial charge is 0.459 e. The molecule has 1 aromatic carbocycles. The number of nitrogens with zero attached hydrogens (tertiary/aromatic N) is 3. The lowest BCUT2D eigenvalue weighted by atomic mass is 10.3. The molecule has 0 bridgehead atoms. The van der Waals surface area contributed by atoms with E-state index in [9.17, 15) is 4.79 Å². The van der Waals surface area contributed by atoms with E-state index in [0.717, 1.165) is 29.9 Å². The summed E-state index contributed by atoms with van der Waals surface area (Å²) in [6, 6.07) is 7.17. The molecule has 150 valence electrons. The number of hydrogen-bond acceptors (Lipinski definition) is 7. The summed E-state index contributed by atoms with van der Waals surface area (Å²) in [5, 5.41) is 0.641. The number of hydrogen-bond donors (Lipinski definition) is 0. The molecular weight excluding hydrogens is 402 g/mol. The molecule has 1 amide bonds. The van der Waals surface area contributed by atoms with Crippen LogP contribution in [0, 0.1) is 0 Å². The van der Waals surface area contributed by atoms with E-state index in [0.29, 0.717) is 28.9 Å². The third-order valence-electron chi connectivity index (χ3n) is 4.61. The fourth-order valence-corrected chi connectivity index (χ4v) is 4.02. The van der Waals surface area contributed by atoms with Crippen LogP contribution in [0.15, 0.2) is 34.9 Å². The zero-order chi connectivity index (χ0) is 18.8. The SMILES string of the molecule is CCN(CC)CCN(C(=O)c1ccco1)c1nc2cc3c(cc2s1)OCO3.Cl. The summed E-state index contributed by atoms with van der Waals surface area (Å²) in [6.45, 7) is 7.61. The Morgan fingerprint density at radius 3 is 2.61 bits per heavy atom. The lowest BCUT2D eigenvalue weighted by Crippen LogP contribution is -2.38. The quantitative estimate of drug-likeness (QED) is 0.571. The van der Waals surface area contributed by atoms with Crippen LogP contribution >= 0.6 is 23.7 Å². The number of carbonyl (C=O) groups is 1. The van der Waals surface area contributed by atoms with Crippen molar-refractivity contribution in [2.45, 2.75) is 13.8 Å². The van der Waals surface area contributed by atoms with Gasteiger partial charge in [-0.3, -0.25) is 9.69 Å². The van der Waals surface area contributed by atoms with Gasteiger partial charge in [0.25, 0.3) is 5.91 Å². The van der Waals surface area contributed by atoms with Crippen molar-refractivity contribution in [3.63, 3.8) is 0 Å². The van der Waals surface area contributed by atoms with Crippen LogP contribution in [0.3, 0.4) is 0 Å². The first kappa shape index (κ1) is 20.4. The predicted molar refractivity (Wildman–Crippen MR) is 111 cm³/mol. The van der Waals surface area contributed by atoms with Crippen LogP contribution in [0.2, 0.25) is 0 Å². The Morgan fingerprint density at radius 1 is 1.18 bits per heavy atom. The zero-order valence-corrected chi connectivity index (χ0v) is 17.3. The van der Waals surface area contributed by atoms with Gasteiger partial charge in [-0.1, -0.05) is 25.2 Å². The maximum atomic E-state index is 13.0. The number of benzene rings is 1. The monoisotopic (exact) mass is 423 g/mol. The number of fused-ring (bicyclic) bond motifs is 2. The molecule has 28 heavy (non-hydrogen) atoms. The van der Waals surface area contributed by atoms with Crippen molar-refractivity contribution in [2.75, 3.05) is 37.9 Å². The summed E-state index contributed by atoms with van der Waals surface area (Å²) in [5.74, 6) is 1.52. The van der Waals surface area contributed by atoms with E-state index < -0.39 is 0 Å². The summed E-state index contributed by atoms with van der Waals surface area (Å²) in [7, 11) is 0. The Balaban J connectivity index is 0.00000225. The van der Waals surface area contributed by atoms with Crippen molar-refractivity contribution in [2.24, 2.45) is 0 Å². The maximum absolute atomic E-state index is 13.0. The Kier molecular flexibility index (Phi) is 6.43. The van der Waals surface area contributed by atoms with E-state index in [2.05, 4.69) is 23.7 Å². The lowest BCUT2D eigenvalue weighted by Gasteiger charge is -2.24. The Bertz CT molecular complexity index is 899. The minimum Gasteiger partial charge on any atom is -0.459 e. The number of aromatic nitrogens is 1. The van der Waals surface area contributed by atoms with Crippen molar-refractivity contribution in [1.82, 2.24) is 9.88 Å². The average molecular weight is 424 g/mol. The average Bonchev–Trinajstić information content (AvgIpc) is 3.42. The third-order valence-corrected chi connectivity index (χ3v) is 5.65. The molecule has 0 N–H and O–H groups in total. The van der Waals surface area contributed by atoms with Gasteiger partial charge >= 0.3 is 0 Å². The van der Waals surface area contributed by atoms with Gasteiger partial charge in [-0.2, -0.15) is 0 Å². The smallest absolute Gasteiger partial charge is 0.295 e. The molecule has 1 aliphatic heterocycles. The summed E-state index contributed by atoms with van der Waals surface area (Å²) < 4.78 is 17.2. The molecule has 1 aliphatic rings. The van der Waals surface area contributed by atoms with Crippen LogP contribution in [-0.4, -0.2) is 48.8 Å². The van der Waals surface area contributed by atoms with Gasteiger partial charge in [0.2, 0.25) is 6.79 Å². The van der Waals surface area contributed by atoms with Gasteiger partial charge in [0.15, 0.2) is 22.4 Å². The van der Waals surface area contributed by atoms with Gasteiger partial charge in [-0.15, -0.1) is 12.4 Å². The van der Waals surface area contributed by atoms with Crippen molar-refractivity contribution in [3.8, 4) is 11.5 Å². The first-order valence-corrected chi connectivity index (χ1v) is 9.79. The second-order valence-corrected chi connectivity index (χ2v) is 7.14. The molecule has 7 nitrogen and oxygen atoms in total. The van der Waals surface area contributed by atoms with Crippen LogP contribution in [0.4, 0.5) is 5.13 Å². The van der Waals surface area contributed by atoms with E-state index in [1.165, 1.54) is 17.6 Å². The number of rotatable bonds is 7. The molecule has 0 atom stereocenters. The van der Waals surface area contributed by atoms with Crippen molar-refractivity contribution < 1.29 is 18.7 Å². The Labute approximate surface area is 173 Å². The summed E-state index contributed by atoms with van der Waals surface area (Å²) in [5.41, 5.74) is 0.791. The van der Waals surface area contributed by atoms with Gasteiger partial charge in [-0.05, 0) is 25.2 Å². The van der Waals surface area contributed by atoms with E-state index in [4.69, 9.17) is 13.9 Å². The fraction of sp³-hybridized carbons (Fsp3) is 0.368. The minimum atomic E-state index is -0.189. The highest BCUT2D eigenvalue weighted by molar-refractivity contribution is 7.22. The molecule has 0 aliphatic carbocycles. The molecule has 3 heterocycles. The highest BCUT2D eigenvalue weighted by atomic mass is 35.5. The lowest BCUT2D eigenvalue weighted by molar-refractivity contribution is 0.0957. The number of thiazole rings is 1. The summed E-state index contributed by atoms with van der Waals surface area (Å²) >= 11 is 1.46. The standard InChI is InChI=1S/C19H21N3O4S.ClH/c1-3-21(4-2)7-8-22(18(23)14-6-5-9-24-14)19-20-13-10-15-16(26-12-25-15)11-17(13)27-19;/h5-6,9-11H,3-4,7-8,12H2,1-2H3;1H. The predicted octanol–water partition coefficient (Wildman–Crippen LogP) is 4.03. The molecule has 0 saturated heterocycles. The molecule has 4 rings (SSSR count). The molecule has 3 aromatic rings. The number of carbonyl (C=O) groups excluding carboxylic acids is 1. The van der Waals surface area contributed by atoms with Gasteiger partial charge in [0, 0.05) is 25.2 Å². The number of halogens is 1. The maximum Gasteiger partial charge on any atom is 0.295 e. The zero-order valence-electron chi connectivity index (χ0n) is 15.7. The normalized spacial score (nSPS) is 12.4. The number of furan rings is 1. The number of ether oxygens (including phenoxy) is 2. The van der Waals surface area contributed by atoms with Gasteiger partial charge < -0.3 is 18.8 Å². The van der Waals surface area contributed by atoms with Crippen LogP contribution in [-0.2, 0) is 0 Å². The van der Waals surface area contributed by atoms with Gasteiger partial charge in [0.1, 0.15) is 0 Å². The van der Waals surface area contributed by atoms with E-state index in [1.807, 2.05) is 12.1 Å². The van der Waals surface area contributed by atoms with Crippen LogP contribution in [0.1, 0.15) is 24.4 Å². The molecule has 0 spiro atoms. The molecule has 2 aromatic heterocycles. The molecule has 0 unspecified atom stereocenters. The molecule has 9 heteroatoms. The summed E-state index contributed by atoms with van der Waals surface area (Å²) in [4.78, 5) is 21.6. The van der Waals surface area contributed by atoms with Crippen molar-refractivity contribution in [3.05, 3.63) is 36.3 Å². The second-order valence-electron chi connectivity index (χ2n) is 6.13. The second kappa shape index (κ2) is 8.81. The highest BCUT2D eigenvalue weighted by Gasteiger charge is 2.25. The first-order valence-electron chi connectivity index (χ1n) is 8.97. The minimum absolute atomic E-state index is 0. The van der Waals surface area contributed by atoms with E-state index in [1.54, 1.807) is 17.0 Å².